The molecule has 0 fully saturated rings. The molecule has 4 nitrogen and oxygen atoms in total. The molecule has 0 atom stereocenters. The number of imidazole rings is 1. The maximum absolute atomic E-state index is 4.68. The minimum absolute atomic E-state index is 0.172. The molecule has 0 saturated heterocycles. The minimum atomic E-state index is 0.172. The van der Waals surface area contributed by atoms with Crippen LogP contribution in [0.1, 0.15) is 19.4 Å². The first-order valence-electron chi connectivity index (χ1n) is 6.82. The summed E-state index contributed by atoms with van der Waals surface area (Å²) in [5, 5.41) is 3.47. The third-order valence-corrected chi connectivity index (χ3v) is 4.02. The van der Waals surface area contributed by atoms with Crippen molar-refractivity contribution in [2.24, 2.45) is 0 Å². The maximum atomic E-state index is 4.68. The van der Waals surface area contributed by atoms with Gasteiger partial charge in [-0.2, -0.15) is 0 Å². The van der Waals surface area contributed by atoms with E-state index in [4.69, 9.17) is 0 Å². The van der Waals surface area contributed by atoms with Gasteiger partial charge in [-0.15, -0.1) is 0 Å². The molecule has 0 radical (unpaired) electrons. The minimum Gasteiger partial charge on any atom is -0.384 e. The predicted octanol–water partition coefficient (Wildman–Crippen LogP) is 3.33. The summed E-state index contributed by atoms with van der Waals surface area (Å²) >= 11 is 0. The molecule has 1 aliphatic heterocycles. The lowest BCUT2D eigenvalue weighted by Gasteiger charge is -2.16. The van der Waals surface area contributed by atoms with Crippen LogP contribution in [0.25, 0.3) is 22.4 Å². The summed E-state index contributed by atoms with van der Waals surface area (Å²) in [5.41, 5.74) is 5.88. The van der Waals surface area contributed by atoms with Crippen LogP contribution < -0.4 is 5.32 Å². The van der Waals surface area contributed by atoms with E-state index >= 15 is 0 Å². The third kappa shape index (κ3) is 1.61. The van der Waals surface area contributed by atoms with Gasteiger partial charge in [0.2, 0.25) is 0 Å². The number of aromatic amines is 1. The van der Waals surface area contributed by atoms with Crippen molar-refractivity contribution in [3.8, 4) is 11.4 Å². The lowest BCUT2D eigenvalue weighted by Crippen LogP contribution is -2.18. The second-order valence-electron chi connectivity index (χ2n) is 5.97. The molecule has 3 heterocycles. The van der Waals surface area contributed by atoms with E-state index in [0.29, 0.717) is 0 Å². The van der Waals surface area contributed by atoms with Crippen LogP contribution in [-0.2, 0) is 5.41 Å². The summed E-state index contributed by atoms with van der Waals surface area (Å²) in [7, 11) is 0. The molecule has 0 unspecified atom stereocenters. The number of hydrogen-bond acceptors (Lipinski definition) is 3. The van der Waals surface area contributed by atoms with E-state index in [1.54, 1.807) is 12.4 Å². The van der Waals surface area contributed by atoms with Crippen LogP contribution in [0.4, 0.5) is 5.69 Å². The van der Waals surface area contributed by atoms with Gasteiger partial charge in [-0.05, 0) is 29.8 Å². The zero-order valence-electron chi connectivity index (χ0n) is 11.6. The highest BCUT2D eigenvalue weighted by molar-refractivity contribution is 5.85. The van der Waals surface area contributed by atoms with E-state index in [9.17, 15) is 0 Å². The van der Waals surface area contributed by atoms with Gasteiger partial charge in [0.25, 0.3) is 0 Å². The summed E-state index contributed by atoms with van der Waals surface area (Å²) < 4.78 is 0. The Morgan fingerprint density at radius 1 is 1.15 bits per heavy atom. The average molecular weight is 264 g/mol. The Morgan fingerprint density at radius 2 is 1.95 bits per heavy atom. The van der Waals surface area contributed by atoms with E-state index in [2.05, 4.69) is 46.2 Å². The number of nitrogens with one attached hydrogen (secondary N) is 2. The molecule has 1 aromatic carbocycles. The molecule has 2 aromatic heterocycles. The summed E-state index contributed by atoms with van der Waals surface area (Å²) in [6, 6.07) is 8.30. The van der Waals surface area contributed by atoms with Crippen molar-refractivity contribution >= 4 is 16.7 Å². The average Bonchev–Trinajstić information content (AvgIpc) is 2.99. The largest absolute Gasteiger partial charge is 0.384 e. The first-order chi connectivity index (χ1) is 9.63. The Bertz CT molecular complexity index is 787. The molecular weight excluding hydrogens is 248 g/mol. The van der Waals surface area contributed by atoms with E-state index in [1.165, 1.54) is 11.3 Å². The van der Waals surface area contributed by atoms with Crippen LogP contribution in [-0.4, -0.2) is 21.5 Å². The fourth-order valence-corrected chi connectivity index (χ4v) is 2.82. The highest BCUT2D eigenvalue weighted by Crippen LogP contribution is 2.38. The molecule has 1 aliphatic rings. The molecule has 0 aliphatic carbocycles. The van der Waals surface area contributed by atoms with Crippen LogP contribution in [0.5, 0.6) is 0 Å². The summed E-state index contributed by atoms with van der Waals surface area (Å²) in [6.45, 7) is 5.50. The maximum Gasteiger partial charge on any atom is 0.138 e. The second kappa shape index (κ2) is 3.82. The van der Waals surface area contributed by atoms with Crippen molar-refractivity contribution in [3.05, 3.63) is 42.2 Å². The zero-order chi connectivity index (χ0) is 13.7. The van der Waals surface area contributed by atoms with Crippen LogP contribution in [0.15, 0.2) is 36.7 Å². The molecular formula is C16H16N4. The molecule has 100 valence electrons. The van der Waals surface area contributed by atoms with Gasteiger partial charge in [0.05, 0.1) is 11.0 Å². The SMILES string of the molecule is CC1(C)CNc2cc3nc(-c4ccncc4)[nH]c3cc21. The number of fused-ring (bicyclic) bond motifs is 2. The molecule has 4 rings (SSSR count). The Labute approximate surface area is 117 Å². The number of hydrogen-bond donors (Lipinski definition) is 2. The van der Waals surface area contributed by atoms with Gasteiger partial charge in [-0.25, -0.2) is 4.98 Å². The quantitative estimate of drug-likeness (QED) is 0.709. The van der Waals surface area contributed by atoms with Gasteiger partial charge in [0, 0.05) is 35.6 Å². The molecule has 0 amide bonds. The Kier molecular flexibility index (Phi) is 2.19. The van der Waals surface area contributed by atoms with E-state index in [0.717, 1.165) is 29.0 Å². The standard InChI is InChI=1S/C16H16N4/c1-16(2)9-18-12-8-14-13(7-11(12)16)19-15(20-14)10-3-5-17-6-4-10/h3-8,18H,9H2,1-2H3,(H,19,20). The molecule has 2 N–H and O–H groups in total. The highest BCUT2D eigenvalue weighted by atomic mass is 15.0. The van der Waals surface area contributed by atoms with Crippen molar-refractivity contribution in [1.82, 2.24) is 15.0 Å². The van der Waals surface area contributed by atoms with Crippen LogP contribution in [0.3, 0.4) is 0 Å². The molecule has 0 spiro atoms. The van der Waals surface area contributed by atoms with Crippen molar-refractivity contribution < 1.29 is 0 Å². The van der Waals surface area contributed by atoms with Gasteiger partial charge >= 0.3 is 0 Å². The smallest absolute Gasteiger partial charge is 0.138 e. The molecule has 3 aromatic rings. The highest BCUT2D eigenvalue weighted by Gasteiger charge is 2.30. The number of rotatable bonds is 1. The predicted molar refractivity (Wildman–Crippen MR) is 80.8 cm³/mol. The fourth-order valence-electron chi connectivity index (χ4n) is 2.82. The topological polar surface area (TPSA) is 53.6 Å². The van der Waals surface area contributed by atoms with Gasteiger partial charge in [-0.1, -0.05) is 13.8 Å². The first-order valence-corrected chi connectivity index (χ1v) is 6.82. The van der Waals surface area contributed by atoms with Gasteiger partial charge in [0.15, 0.2) is 0 Å². The second-order valence-corrected chi connectivity index (χ2v) is 5.97. The Balaban J connectivity index is 1.90. The van der Waals surface area contributed by atoms with Crippen molar-refractivity contribution in [3.63, 3.8) is 0 Å². The van der Waals surface area contributed by atoms with Gasteiger partial charge in [-0.3, -0.25) is 4.98 Å². The van der Waals surface area contributed by atoms with E-state index < -0.39 is 0 Å². The number of pyridine rings is 1. The number of anilines is 1. The summed E-state index contributed by atoms with van der Waals surface area (Å²) in [4.78, 5) is 12.1. The molecule has 20 heavy (non-hydrogen) atoms. The monoisotopic (exact) mass is 264 g/mol. The fraction of sp³-hybridized carbons (Fsp3) is 0.250. The third-order valence-electron chi connectivity index (χ3n) is 4.02. The molecule has 0 saturated carbocycles. The van der Waals surface area contributed by atoms with Crippen molar-refractivity contribution in [2.45, 2.75) is 19.3 Å². The van der Waals surface area contributed by atoms with Crippen LogP contribution in [0, 0.1) is 0 Å². The number of nitrogens with zero attached hydrogens (tertiary/aromatic N) is 2. The van der Waals surface area contributed by atoms with E-state index in [1.807, 2.05) is 12.1 Å². The van der Waals surface area contributed by atoms with Crippen molar-refractivity contribution in [1.29, 1.82) is 0 Å². The normalized spacial score (nSPS) is 16.1. The number of aromatic nitrogens is 3. The van der Waals surface area contributed by atoms with Crippen LogP contribution >= 0.6 is 0 Å². The van der Waals surface area contributed by atoms with Crippen LogP contribution in [0.2, 0.25) is 0 Å². The molecule has 4 heteroatoms. The summed E-state index contributed by atoms with van der Waals surface area (Å²) in [6.07, 6.45) is 3.57. The van der Waals surface area contributed by atoms with Gasteiger partial charge < -0.3 is 10.3 Å². The number of H-pyrrole nitrogens is 1. The van der Waals surface area contributed by atoms with E-state index in [-0.39, 0.29) is 5.41 Å². The van der Waals surface area contributed by atoms with Crippen molar-refractivity contribution in [2.75, 3.05) is 11.9 Å². The summed E-state index contributed by atoms with van der Waals surface area (Å²) in [5.74, 6) is 0.892. The lowest BCUT2D eigenvalue weighted by atomic mass is 9.87. The number of benzene rings is 1. The first kappa shape index (κ1) is 11.5. The zero-order valence-corrected chi connectivity index (χ0v) is 11.6. The molecule has 0 bridgehead atoms. The lowest BCUT2D eigenvalue weighted by molar-refractivity contribution is 0.586. The van der Waals surface area contributed by atoms with Gasteiger partial charge in [0.1, 0.15) is 5.82 Å². The Hall–Kier alpha value is -2.36. The Morgan fingerprint density at radius 3 is 2.75 bits per heavy atom.